The van der Waals surface area contributed by atoms with Gasteiger partial charge in [-0.2, -0.15) is 9.78 Å². The number of aromatic nitrogens is 3. The Balaban J connectivity index is 1.56. The van der Waals surface area contributed by atoms with Gasteiger partial charge < -0.3 is 14.8 Å². The number of fused-ring (bicyclic) bond motifs is 2. The number of nitrogens with one attached hydrogen (secondary N) is 1. The number of ether oxygens (including phenoxy) is 2. The summed E-state index contributed by atoms with van der Waals surface area (Å²) >= 11 is 1.55. The average Bonchev–Trinajstić information content (AvgIpc) is 3.38. The molecule has 3 heterocycles. The highest BCUT2D eigenvalue weighted by atomic mass is 32.1. The third-order valence-electron chi connectivity index (χ3n) is 5.73. The maximum atomic E-state index is 12.7. The highest BCUT2D eigenvalue weighted by molar-refractivity contribution is 7.20. The number of aryl methyl sites for hydroxylation is 1. The summed E-state index contributed by atoms with van der Waals surface area (Å²) in [5, 5.41) is 8.54. The van der Waals surface area contributed by atoms with Crippen molar-refractivity contribution in [3.05, 3.63) is 59.3 Å². The third-order valence-corrected chi connectivity index (χ3v) is 6.74. The van der Waals surface area contributed by atoms with Gasteiger partial charge in [0.1, 0.15) is 5.82 Å². The summed E-state index contributed by atoms with van der Waals surface area (Å²) in [6, 6.07) is 13.9. The van der Waals surface area contributed by atoms with E-state index in [2.05, 4.69) is 19.2 Å². The molecule has 1 N–H and O–H groups in total. The minimum atomic E-state index is -0.134. The quantitative estimate of drug-likeness (QED) is 0.420. The fourth-order valence-electron chi connectivity index (χ4n) is 4.20. The molecule has 0 fully saturated rings. The zero-order valence-corrected chi connectivity index (χ0v) is 19.9. The normalized spacial score (nSPS) is 15.5. The van der Waals surface area contributed by atoms with Crippen molar-refractivity contribution in [1.82, 2.24) is 14.8 Å². The van der Waals surface area contributed by atoms with Crippen LogP contribution in [0.3, 0.4) is 0 Å². The molecule has 5 rings (SSSR count). The third kappa shape index (κ3) is 3.95. The summed E-state index contributed by atoms with van der Waals surface area (Å²) in [5.74, 6) is 2.29. The van der Waals surface area contributed by atoms with Crippen LogP contribution in [-0.4, -0.2) is 34.4 Å². The highest BCUT2D eigenvalue weighted by Gasteiger charge is 2.33. The van der Waals surface area contributed by atoms with E-state index >= 15 is 0 Å². The number of benzene rings is 2. The molecule has 2 aromatic carbocycles. The number of para-hydroxylation sites is 1. The van der Waals surface area contributed by atoms with Gasteiger partial charge in [0, 0.05) is 17.9 Å². The Morgan fingerprint density at radius 3 is 2.79 bits per heavy atom. The van der Waals surface area contributed by atoms with Gasteiger partial charge >= 0.3 is 0 Å². The van der Waals surface area contributed by atoms with Gasteiger partial charge in [-0.1, -0.05) is 43.4 Å². The Kier molecular flexibility index (Phi) is 5.54. The van der Waals surface area contributed by atoms with Gasteiger partial charge in [0.15, 0.2) is 11.5 Å². The molecule has 0 radical (unpaired) electrons. The van der Waals surface area contributed by atoms with Crippen LogP contribution in [0, 0.1) is 12.8 Å². The molecular weight excluding hydrogens is 436 g/mol. The van der Waals surface area contributed by atoms with E-state index in [1.165, 1.54) is 0 Å². The van der Waals surface area contributed by atoms with Crippen LogP contribution in [0.25, 0.3) is 15.3 Å². The summed E-state index contributed by atoms with van der Waals surface area (Å²) in [6.45, 7) is 6.80. The maximum absolute atomic E-state index is 12.7. The smallest absolute Gasteiger partial charge is 0.226 e. The zero-order chi connectivity index (χ0) is 23.1. The van der Waals surface area contributed by atoms with E-state index in [0.717, 1.165) is 32.2 Å². The Morgan fingerprint density at radius 2 is 2.03 bits per heavy atom. The van der Waals surface area contributed by atoms with Gasteiger partial charge in [0.25, 0.3) is 0 Å². The zero-order valence-electron chi connectivity index (χ0n) is 19.1. The fourth-order valence-corrected chi connectivity index (χ4v) is 5.12. The van der Waals surface area contributed by atoms with Crippen molar-refractivity contribution in [3.63, 3.8) is 0 Å². The molecule has 0 saturated carbocycles. The monoisotopic (exact) mass is 462 g/mol. The molecule has 1 amide bonds. The van der Waals surface area contributed by atoms with E-state index in [1.54, 1.807) is 23.1 Å². The molecule has 33 heavy (non-hydrogen) atoms. The van der Waals surface area contributed by atoms with Crippen LogP contribution in [-0.2, 0) is 4.79 Å². The standard InChI is InChI=1S/C25H26N4O3S/c1-14(2)13-32-19-10-9-16(11-20(19)31-4)17-12-22(30)27-24-23(17)15(3)28-29(24)25-26-18-7-5-6-8-21(18)33-25/h5-11,14,17H,12-13H2,1-4H3,(H,27,30)/t17-/m1/s1. The van der Waals surface area contributed by atoms with Crippen molar-refractivity contribution >= 4 is 33.3 Å². The van der Waals surface area contributed by atoms with Gasteiger partial charge in [-0.05, 0) is 42.7 Å². The molecule has 1 atom stereocenters. The number of nitrogens with zero attached hydrogens (tertiary/aromatic N) is 3. The number of amides is 1. The second-order valence-electron chi connectivity index (χ2n) is 8.64. The van der Waals surface area contributed by atoms with E-state index in [-0.39, 0.29) is 11.8 Å². The Morgan fingerprint density at radius 1 is 1.21 bits per heavy atom. The molecular formula is C25H26N4O3S. The predicted octanol–water partition coefficient (Wildman–Crippen LogP) is 5.31. The number of hydrogen-bond donors (Lipinski definition) is 1. The predicted molar refractivity (Wildman–Crippen MR) is 130 cm³/mol. The van der Waals surface area contributed by atoms with Gasteiger partial charge in [0.05, 0.1) is 29.6 Å². The number of carbonyl (C=O) groups excluding carboxylic acids is 1. The lowest BCUT2D eigenvalue weighted by atomic mass is 9.85. The molecule has 0 unspecified atom stereocenters. The fraction of sp³-hybridized carbons (Fsp3) is 0.320. The number of carbonyl (C=O) groups is 1. The number of methoxy groups -OCH3 is 1. The molecule has 170 valence electrons. The minimum Gasteiger partial charge on any atom is -0.493 e. The van der Waals surface area contributed by atoms with Crippen molar-refractivity contribution in [2.75, 3.05) is 19.0 Å². The van der Waals surface area contributed by atoms with Crippen LogP contribution < -0.4 is 14.8 Å². The van der Waals surface area contributed by atoms with E-state index in [4.69, 9.17) is 19.6 Å². The number of thiazole rings is 1. The first-order valence-electron chi connectivity index (χ1n) is 11.0. The van der Waals surface area contributed by atoms with Crippen LogP contribution in [0.15, 0.2) is 42.5 Å². The molecule has 4 aromatic rings. The minimum absolute atomic E-state index is 0.0473. The summed E-state index contributed by atoms with van der Waals surface area (Å²) in [6.07, 6.45) is 0.342. The van der Waals surface area contributed by atoms with Gasteiger partial charge in [-0.15, -0.1) is 0 Å². The van der Waals surface area contributed by atoms with E-state index in [9.17, 15) is 4.79 Å². The molecule has 2 aromatic heterocycles. The topological polar surface area (TPSA) is 78.3 Å². The van der Waals surface area contributed by atoms with Gasteiger partial charge in [-0.3, -0.25) is 4.79 Å². The van der Waals surface area contributed by atoms with Crippen molar-refractivity contribution in [3.8, 4) is 16.6 Å². The van der Waals surface area contributed by atoms with E-state index in [1.807, 2.05) is 49.4 Å². The van der Waals surface area contributed by atoms with Crippen LogP contribution in [0.4, 0.5) is 5.82 Å². The second-order valence-corrected chi connectivity index (χ2v) is 9.65. The lowest BCUT2D eigenvalue weighted by Crippen LogP contribution is -2.25. The van der Waals surface area contributed by atoms with Gasteiger partial charge in [-0.25, -0.2) is 4.98 Å². The van der Waals surface area contributed by atoms with Crippen LogP contribution >= 0.6 is 11.3 Å². The molecule has 0 spiro atoms. The number of anilines is 1. The maximum Gasteiger partial charge on any atom is 0.226 e. The van der Waals surface area contributed by atoms with E-state index in [0.29, 0.717) is 36.3 Å². The van der Waals surface area contributed by atoms with Crippen molar-refractivity contribution in [2.24, 2.45) is 5.92 Å². The summed E-state index contributed by atoms with van der Waals surface area (Å²) in [5.41, 5.74) is 3.78. The lowest BCUT2D eigenvalue weighted by molar-refractivity contribution is -0.116. The van der Waals surface area contributed by atoms with E-state index < -0.39 is 0 Å². The first-order valence-corrected chi connectivity index (χ1v) is 11.8. The summed E-state index contributed by atoms with van der Waals surface area (Å²) in [7, 11) is 1.64. The number of hydrogen-bond acceptors (Lipinski definition) is 6. The Bertz CT molecular complexity index is 1310. The molecule has 0 aliphatic carbocycles. The number of rotatable bonds is 6. The molecule has 0 saturated heterocycles. The first kappa shape index (κ1) is 21.5. The lowest BCUT2D eigenvalue weighted by Gasteiger charge is -2.25. The molecule has 1 aliphatic heterocycles. The highest BCUT2D eigenvalue weighted by Crippen LogP contribution is 2.43. The summed E-state index contributed by atoms with van der Waals surface area (Å²) in [4.78, 5) is 17.5. The largest absolute Gasteiger partial charge is 0.493 e. The second kappa shape index (κ2) is 8.51. The molecule has 8 heteroatoms. The average molecular weight is 463 g/mol. The Hall–Kier alpha value is -3.39. The van der Waals surface area contributed by atoms with Crippen molar-refractivity contribution < 1.29 is 14.3 Å². The molecule has 0 bridgehead atoms. The molecule has 7 nitrogen and oxygen atoms in total. The van der Waals surface area contributed by atoms with Gasteiger partial charge in [0.2, 0.25) is 11.0 Å². The van der Waals surface area contributed by atoms with Crippen LogP contribution in [0.5, 0.6) is 11.5 Å². The van der Waals surface area contributed by atoms with Crippen LogP contribution in [0.2, 0.25) is 0 Å². The summed E-state index contributed by atoms with van der Waals surface area (Å²) < 4.78 is 14.4. The SMILES string of the molecule is COc1cc([C@H]2CC(=O)Nc3c2c(C)nn3-c2nc3ccccc3s2)ccc1OCC(C)C. The van der Waals surface area contributed by atoms with Crippen LogP contribution in [0.1, 0.15) is 43.0 Å². The van der Waals surface area contributed by atoms with Crippen molar-refractivity contribution in [2.45, 2.75) is 33.1 Å². The molecule has 1 aliphatic rings. The van der Waals surface area contributed by atoms with Crippen molar-refractivity contribution in [1.29, 1.82) is 0 Å². The Labute approximate surface area is 196 Å². The first-order chi connectivity index (χ1) is 15.9.